The van der Waals surface area contributed by atoms with E-state index in [9.17, 15) is 34.1 Å². The number of hydrogen-bond acceptors (Lipinski definition) is 8. The van der Waals surface area contributed by atoms with E-state index in [2.05, 4.69) is 63.7 Å². The van der Waals surface area contributed by atoms with Crippen LogP contribution in [0, 0.1) is 10.1 Å². The fourth-order valence-electron chi connectivity index (χ4n) is 4.39. The van der Waals surface area contributed by atoms with Crippen LogP contribution in [0.5, 0.6) is 5.75 Å². The molecule has 1 aliphatic heterocycles. The van der Waals surface area contributed by atoms with Gasteiger partial charge in [-0.1, -0.05) is 23.2 Å². The highest BCUT2D eigenvalue weighted by Gasteiger charge is 2.46. The zero-order valence-corrected chi connectivity index (χ0v) is 30.8. The Kier molecular flexibility index (Phi) is 10.3. The molecule has 0 unspecified atom stereocenters. The lowest BCUT2D eigenvalue weighted by atomic mass is 10.1. The quantitative estimate of drug-likeness (QED) is 0.0250. The maximum absolute atomic E-state index is 13.9. The molecule has 17 heteroatoms. The first-order valence-electron chi connectivity index (χ1n) is 12.8. The van der Waals surface area contributed by atoms with Crippen LogP contribution in [0.25, 0.3) is 0 Å². The van der Waals surface area contributed by atoms with Gasteiger partial charge >= 0.3 is 5.97 Å². The summed E-state index contributed by atoms with van der Waals surface area (Å²) >= 11 is 25.5. The van der Waals surface area contributed by atoms with Crippen molar-refractivity contribution in [3.63, 3.8) is 0 Å². The van der Waals surface area contributed by atoms with Gasteiger partial charge < -0.3 is 4.74 Å². The Morgan fingerprint density at radius 1 is 0.745 bits per heavy atom. The maximum Gasteiger partial charge on any atom is 0.343 e. The molecule has 47 heavy (non-hydrogen) atoms. The molecule has 1 heterocycles. The fraction of sp³-hybridized carbons (Fsp3) is 0.0333. The molecule has 0 bridgehead atoms. The molecule has 0 radical (unpaired) electrons. The van der Waals surface area contributed by atoms with Crippen molar-refractivity contribution < 1.29 is 33.6 Å². The van der Waals surface area contributed by atoms with E-state index in [0.29, 0.717) is 14.0 Å². The van der Waals surface area contributed by atoms with Gasteiger partial charge in [0.2, 0.25) is 0 Å². The third kappa shape index (κ3) is 6.78. The minimum atomic E-state index is -0.898. The normalized spacial score (nSPS) is 12.2. The molecule has 5 rings (SSSR count). The molecule has 0 aromatic heterocycles. The first-order chi connectivity index (χ1) is 22.2. The van der Waals surface area contributed by atoms with Gasteiger partial charge in [-0.2, -0.15) is 5.01 Å². The highest BCUT2D eigenvalue weighted by atomic mass is 79.9. The van der Waals surface area contributed by atoms with E-state index in [4.69, 9.17) is 27.9 Å². The topological polar surface area (TPSA) is 144 Å². The number of Topliss-reactive ketones (excluding diaryl/α,β-unsaturated/α-hetero) is 1. The molecule has 0 N–H and O–H groups in total. The zero-order valence-electron chi connectivity index (χ0n) is 22.9. The van der Waals surface area contributed by atoms with Gasteiger partial charge in [-0.05, 0) is 118 Å². The molecule has 4 aromatic carbocycles. The van der Waals surface area contributed by atoms with E-state index in [1.807, 2.05) is 0 Å². The number of non-ortho nitro benzene ring substituents is 1. The second-order valence-electron chi connectivity index (χ2n) is 9.56. The van der Waals surface area contributed by atoms with E-state index >= 15 is 0 Å². The number of benzene rings is 4. The number of imide groups is 1. The summed E-state index contributed by atoms with van der Waals surface area (Å²) in [6.07, 6.45) is 0. The summed E-state index contributed by atoms with van der Waals surface area (Å²) in [4.78, 5) is 77.7. The number of halogens is 6. The van der Waals surface area contributed by atoms with Crippen LogP contribution in [0.1, 0.15) is 51.8 Å². The SMILES string of the molecule is O=C(CN(C(=O)c1ccc(Cl)c(Cl)c1)N1C(=O)c2c(Br)c(Br)c(Br)c(Br)c2C1=O)c1ccc(OC(=O)c2ccc([N+](=O)[O-])cc2)cc1. The van der Waals surface area contributed by atoms with Crippen LogP contribution in [0.15, 0.2) is 84.6 Å². The Labute approximate surface area is 308 Å². The highest BCUT2D eigenvalue weighted by molar-refractivity contribution is 9.15. The van der Waals surface area contributed by atoms with Crippen LogP contribution in [-0.2, 0) is 0 Å². The van der Waals surface area contributed by atoms with Crippen LogP contribution >= 0.6 is 86.9 Å². The Morgan fingerprint density at radius 2 is 1.26 bits per heavy atom. The molecule has 3 amide bonds. The summed E-state index contributed by atoms with van der Waals surface area (Å²) < 4.78 is 6.65. The number of nitro benzene ring substituents is 1. The minimum absolute atomic E-state index is 0.0309. The Morgan fingerprint density at radius 3 is 1.77 bits per heavy atom. The highest BCUT2D eigenvalue weighted by Crippen LogP contribution is 2.45. The lowest BCUT2D eigenvalue weighted by molar-refractivity contribution is -0.384. The standard InChI is InChI=1S/C30H13Br4Cl2N3O8/c31-23-21-22(24(32)26(34)25(23)33)29(43)38(28(21)42)37(27(41)15-5-10-18(35)19(36)11-15)12-20(40)13-3-8-17(9-4-13)47-30(44)14-1-6-16(7-2-14)39(45)46/h1-11H,12H2. The number of hydrazine groups is 1. The summed E-state index contributed by atoms with van der Waals surface area (Å²) in [5.74, 6) is -4.06. The van der Waals surface area contributed by atoms with Gasteiger partial charge in [0.15, 0.2) is 5.78 Å². The third-order valence-corrected chi connectivity index (χ3v) is 12.2. The van der Waals surface area contributed by atoms with E-state index in [-0.39, 0.29) is 58.2 Å². The molecule has 0 fully saturated rings. The summed E-state index contributed by atoms with van der Waals surface area (Å²) in [5, 5.41) is 12.3. The molecular weight excluding hydrogens is 921 g/mol. The van der Waals surface area contributed by atoms with Crippen molar-refractivity contribution in [2.45, 2.75) is 0 Å². The first-order valence-corrected chi connectivity index (χ1v) is 16.8. The van der Waals surface area contributed by atoms with Crippen molar-refractivity contribution in [2.75, 3.05) is 6.54 Å². The Hall–Kier alpha value is -3.47. The molecule has 0 saturated carbocycles. The molecule has 4 aromatic rings. The average Bonchev–Trinajstić information content (AvgIpc) is 3.32. The number of rotatable bonds is 8. The van der Waals surface area contributed by atoms with Gasteiger partial charge in [0.1, 0.15) is 12.3 Å². The van der Waals surface area contributed by atoms with Gasteiger partial charge in [0.25, 0.3) is 23.4 Å². The lowest BCUT2D eigenvalue weighted by Gasteiger charge is -2.29. The monoisotopic (exact) mass is 929 g/mol. The molecular formula is C30H13Br4Cl2N3O8. The van der Waals surface area contributed by atoms with Crippen molar-refractivity contribution in [2.24, 2.45) is 0 Å². The van der Waals surface area contributed by atoms with Gasteiger partial charge in [-0.25, -0.2) is 9.80 Å². The van der Waals surface area contributed by atoms with Crippen LogP contribution in [0.4, 0.5) is 5.69 Å². The second-order valence-corrected chi connectivity index (χ2v) is 13.5. The minimum Gasteiger partial charge on any atom is -0.423 e. The number of nitrogens with zero attached hydrogens (tertiary/aromatic N) is 3. The predicted molar refractivity (Wildman–Crippen MR) is 184 cm³/mol. The molecule has 238 valence electrons. The predicted octanol–water partition coefficient (Wildman–Crippen LogP) is 8.71. The molecule has 1 aliphatic rings. The maximum atomic E-state index is 13.9. The van der Waals surface area contributed by atoms with Gasteiger partial charge in [0.05, 0.1) is 31.7 Å². The van der Waals surface area contributed by atoms with Gasteiger partial charge in [0, 0.05) is 41.2 Å². The van der Waals surface area contributed by atoms with Crippen molar-refractivity contribution in [1.82, 2.24) is 10.0 Å². The number of fused-ring (bicyclic) bond motifs is 1. The number of nitro groups is 1. The summed E-state index contributed by atoms with van der Waals surface area (Å²) in [6, 6.07) is 14.0. The Balaban J connectivity index is 1.44. The Bertz CT molecular complexity index is 2000. The number of carbonyl (C=O) groups excluding carboxylic acids is 5. The van der Waals surface area contributed by atoms with Crippen LogP contribution < -0.4 is 4.74 Å². The summed E-state index contributed by atoms with van der Waals surface area (Å²) in [7, 11) is 0. The van der Waals surface area contributed by atoms with Gasteiger partial charge in [-0.3, -0.25) is 29.3 Å². The average molecular weight is 934 g/mol. The third-order valence-electron chi connectivity index (χ3n) is 6.72. The van der Waals surface area contributed by atoms with Crippen molar-refractivity contribution >= 4 is 122 Å². The van der Waals surface area contributed by atoms with Crippen molar-refractivity contribution in [3.05, 3.63) is 133 Å². The van der Waals surface area contributed by atoms with Gasteiger partial charge in [-0.15, -0.1) is 0 Å². The number of hydrogen-bond donors (Lipinski definition) is 0. The number of esters is 1. The summed E-state index contributed by atoms with van der Waals surface area (Å²) in [6.45, 7) is -0.760. The number of carbonyl (C=O) groups is 5. The van der Waals surface area contributed by atoms with Crippen LogP contribution in [0.2, 0.25) is 10.0 Å². The van der Waals surface area contributed by atoms with Crippen molar-refractivity contribution in [3.8, 4) is 5.75 Å². The smallest absolute Gasteiger partial charge is 0.343 e. The zero-order chi connectivity index (χ0) is 34.3. The number of amides is 3. The van der Waals surface area contributed by atoms with E-state index in [1.165, 1.54) is 54.6 Å². The molecule has 0 aliphatic carbocycles. The second kappa shape index (κ2) is 13.9. The van der Waals surface area contributed by atoms with E-state index in [0.717, 1.165) is 17.1 Å². The molecule has 11 nitrogen and oxygen atoms in total. The van der Waals surface area contributed by atoms with E-state index in [1.54, 1.807) is 0 Å². The fourth-order valence-corrected chi connectivity index (χ4v) is 7.14. The lowest BCUT2D eigenvalue weighted by Crippen LogP contribution is -2.51. The number of ether oxygens (including phenoxy) is 1. The number of ketones is 1. The van der Waals surface area contributed by atoms with Crippen LogP contribution in [0.3, 0.4) is 0 Å². The van der Waals surface area contributed by atoms with Crippen LogP contribution in [-0.4, -0.2) is 51.0 Å². The first kappa shape index (κ1) is 34.9. The van der Waals surface area contributed by atoms with E-state index < -0.39 is 40.9 Å². The summed E-state index contributed by atoms with van der Waals surface area (Å²) in [5.41, 5.74) is -0.232. The molecule has 0 spiro atoms. The molecule has 0 saturated heterocycles. The largest absolute Gasteiger partial charge is 0.423 e. The molecule has 0 atom stereocenters. The van der Waals surface area contributed by atoms with Crippen molar-refractivity contribution in [1.29, 1.82) is 0 Å².